The summed E-state index contributed by atoms with van der Waals surface area (Å²) in [7, 11) is 3.52. The van der Waals surface area contributed by atoms with Gasteiger partial charge in [0.15, 0.2) is 0 Å². The zero-order valence-corrected chi connectivity index (χ0v) is 14.3. The van der Waals surface area contributed by atoms with Crippen molar-refractivity contribution in [2.24, 2.45) is 14.1 Å². The molecule has 0 bridgehead atoms. The Morgan fingerprint density at radius 1 is 1.09 bits per heavy atom. The summed E-state index contributed by atoms with van der Waals surface area (Å²) in [6.45, 7) is 5.66. The van der Waals surface area contributed by atoms with Crippen molar-refractivity contribution in [2.75, 3.05) is 0 Å². The minimum absolute atomic E-state index is 0. The van der Waals surface area contributed by atoms with E-state index in [1.165, 1.54) is 0 Å². The molecule has 0 amide bonds. The molecule has 0 atom stereocenters. The fraction of sp³-hybridized carbons (Fsp3) is 0.294. The van der Waals surface area contributed by atoms with E-state index in [4.69, 9.17) is 0 Å². The Morgan fingerprint density at radius 2 is 1.64 bits per heavy atom. The summed E-state index contributed by atoms with van der Waals surface area (Å²) in [6, 6.07) is 5.82. The van der Waals surface area contributed by atoms with Crippen LogP contribution in [0.4, 0.5) is 0 Å². The van der Waals surface area contributed by atoms with Crippen molar-refractivity contribution in [1.29, 1.82) is 0 Å². The molecule has 1 heterocycles. The lowest BCUT2D eigenvalue weighted by atomic mass is 10.1. The molecule has 0 unspecified atom stereocenters. The molecule has 0 saturated carbocycles. The highest BCUT2D eigenvalue weighted by Gasteiger charge is 2.11. The first-order valence-corrected chi connectivity index (χ1v) is 6.86. The second-order valence-corrected chi connectivity index (χ2v) is 5.45. The van der Waals surface area contributed by atoms with Crippen molar-refractivity contribution < 1.29 is 22.1 Å². The van der Waals surface area contributed by atoms with Gasteiger partial charge in [0.2, 0.25) is 0 Å². The number of aromatic nitrogens is 2. The van der Waals surface area contributed by atoms with E-state index in [9.17, 15) is 9.90 Å². The van der Waals surface area contributed by atoms with E-state index in [1.54, 1.807) is 23.2 Å². The third kappa shape index (κ3) is 3.39. The molecule has 0 spiro atoms. The molecule has 1 aromatic heterocycles. The number of phenolic OH excluding ortho intramolecular Hbond substituents is 1. The number of aromatic hydroxyl groups is 1. The van der Waals surface area contributed by atoms with Gasteiger partial charge in [-0.15, -0.1) is 0 Å². The Labute approximate surface area is 136 Å². The Morgan fingerprint density at radius 3 is 2.18 bits per heavy atom. The topological polar surface area (TPSA) is 46.1 Å². The van der Waals surface area contributed by atoms with Gasteiger partial charge in [-0.2, -0.15) is 13.9 Å². The third-order valence-corrected chi connectivity index (χ3v) is 3.81. The Bertz CT molecular complexity index is 769. The lowest BCUT2D eigenvalue weighted by molar-refractivity contribution is -0.692. The molecule has 0 aliphatic rings. The van der Waals surface area contributed by atoms with Crippen LogP contribution in [0, 0.1) is 20.8 Å². The molecule has 0 fully saturated rings. The average molecular weight is 321 g/mol. The molecule has 0 radical (unpaired) electrons. The second kappa shape index (κ2) is 6.79. The Balaban J connectivity index is 0.00000242. The van der Waals surface area contributed by atoms with Crippen LogP contribution in [0.5, 0.6) is 5.75 Å². The van der Waals surface area contributed by atoms with Crippen LogP contribution in [-0.4, -0.2) is 9.67 Å². The highest BCUT2D eigenvalue weighted by molar-refractivity contribution is 5.68. The van der Waals surface area contributed by atoms with Gasteiger partial charge in [0, 0.05) is 6.07 Å². The summed E-state index contributed by atoms with van der Waals surface area (Å²) in [4.78, 5) is 12.0. The largest absolute Gasteiger partial charge is 1.00 e. The maximum absolute atomic E-state index is 12.0. The molecule has 1 N–H and O–H groups in total. The number of phenols is 1. The SMILES string of the molecule is Cc1cc(C=Cc2cc(C)n(C)c(=O)[n+]2C)cc(C)c1O.[Cl-]. The molecular weight excluding hydrogens is 300 g/mol. The van der Waals surface area contributed by atoms with Crippen molar-refractivity contribution in [3.63, 3.8) is 0 Å². The molecule has 1 aromatic carbocycles. The predicted octanol–water partition coefficient (Wildman–Crippen LogP) is -0.985. The maximum Gasteiger partial charge on any atom is 0.498 e. The fourth-order valence-corrected chi connectivity index (χ4v) is 2.32. The van der Waals surface area contributed by atoms with Crippen LogP contribution in [0.1, 0.15) is 28.1 Å². The monoisotopic (exact) mass is 320 g/mol. The van der Waals surface area contributed by atoms with E-state index in [2.05, 4.69) is 0 Å². The van der Waals surface area contributed by atoms with Crippen LogP contribution in [0.15, 0.2) is 23.0 Å². The molecule has 4 nitrogen and oxygen atoms in total. The van der Waals surface area contributed by atoms with E-state index >= 15 is 0 Å². The van der Waals surface area contributed by atoms with Gasteiger partial charge in [0.25, 0.3) is 0 Å². The lowest BCUT2D eigenvalue weighted by Crippen LogP contribution is -3.00. The molecular formula is C17H21ClN2O2. The molecule has 118 valence electrons. The lowest BCUT2D eigenvalue weighted by Gasteiger charge is -2.05. The van der Waals surface area contributed by atoms with E-state index in [0.717, 1.165) is 28.1 Å². The number of aryl methyl sites for hydroxylation is 3. The maximum atomic E-state index is 12.0. The van der Waals surface area contributed by atoms with Crippen LogP contribution in [0.25, 0.3) is 12.2 Å². The zero-order chi connectivity index (χ0) is 15.7. The molecule has 2 rings (SSSR count). The van der Waals surface area contributed by atoms with E-state index < -0.39 is 0 Å². The minimum Gasteiger partial charge on any atom is -1.00 e. The number of hydrogen-bond acceptors (Lipinski definition) is 2. The van der Waals surface area contributed by atoms with Crippen molar-refractivity contribution in [3.05, 3.63) is 56.8 Å². The highest BCUT2D eigenvalue weighted by Crippen LogP contribution is 2.23. The standard InChI is InChI=1S/C17H20N2O2.ClH/c1-11-8-14(9-12(2)16(11)20)6-7-15-10-13(3)18(4)17(21)19(15)5;/h6-10H,1-5H3;1H. The first-order valence-electron chi connectivity index (χ1n) is 6.86. The van der Waals surface area contributed by atoms with Gasteiger partial charge < -0.3 is 17.5 Å². The molecule has 5 heteroatoms. The average Bonchev–Trinajstić information content (AvgIpc) is 2.44. The minimum atomic E-state index is -0.0484. The van der Waals surface area contributed by atoms with Crippen LogP contribution < -0.4 is 22.7 Å². The van der Waals surface area contributed by atoms with Crippen molar-refractivity contribution in [1.82, 2.24) is 4.57 Å². The molecule has 0 saturated heterocycles. The summed E-state index contributed by atoms with van der Waals surface area (Å²) in [5.74, 6) is 0.335. The van der Waals surface area contributed by atoms with Crippen molar-refractivity contribution >= 4 is 12.2 Å². The number of hydrogen-bond donors (Lipinski definition) is 1. The van der Waals surface area contributed by atoms with Gasteiger partial charge in [-0.1, -0.05) is 6.08 Å². The van der Waals surface area contributed by atoms with E-state index in [0.29, 0.717) is 5.75 Å². The first kappa shape index (κ1) is 18.0. The molecule has 0 aliphatic heterocycles. The summed E-state index contributed by atoms with van der Waals surface area (Å²) in [6.07, 6.45) is 3.87. The number of benzene rings is 1. The number of halogens is 1. The van der Waals surface area contributed by atoms with E-state index in [-0.39, 0.29) is 18.1 Å². The van der Waals surface area contributed by atoms with Gasteiger partial charge in [-0.25, -0.2) is 0 Å². The van der Waals surface area contributed by atoms with Crippen molar-refractivity contribution in [3.8, 4) is 5.75 Å². The number of nitrogens with zero attached hydrogens (tertiary/aromatic N) is 2. The van der Waals surface area contributed by atoms with E-state index in [1.807, 2.05) is 51.1 Å². The van der Waals surface area contributed by atoms with Crippen LogP contribution in [-0.2, 0) is 14.1 Å². The first-order chi connectivity index (χ1) is 9.81. The smallest absolute Gasteiger partial charge is 0.498 e. The normalized spacial score (nSPS) is 10.8. The fourth-order valence-electron chi connectivity index (χ4n) is 2.32. The van der Waals surface area contributed by atoms with Gasteiger partial charge in [-0.3, -0.25) is 0 Å². The van der Waals surface area contributed by atoms with Gasteiger partial charge >= 0.3 is 5.69 Å². The van der Waals surface area contributed by atoms with Crippen LogP contribution >= 0.6 is 0 Å². The Hall–Kier alpha value is -2.07. The predicted molar refractivity (Wildman–Crippen MR) is 84.1 cm³/mol. The molecule has 2 aromatic rings. The third-order valence-electron chi connectivity index (χ3n) is 3.81. The second-order valence-electron chi connectivity index (χ2n) is 5.45. The van der Waals surface area contributed by atoms with Crippen molar-refractivity contribution in [2.45, 2.75) is 20.8 Å². The quantitative estimate of drug-likeness (QED) is 0.723. The summed E-state index contributed by atoms with van der Waals surface area (Å²) in [5, 5.41) is 9.79. The van der Waals surface area contributed by atoms with Gasteiger partial charge in [0.1, 0.15) is 17.1 Å². The Kier molecular flexibility index (Phi) is 5.55. The van der Waals surface area contributed by atoms with Gasteiger partial charge in [0.05, 0.1) is 14.1 Å². The molecule has 22 heavy (non-hydrogen) atoms. The number of rotatable bonds is 2. The van der Waals surface area contributed by atoms with Gasteiger partial charge in [-0.05, 0) is 55.7 Å². The van der Waals surface area contributed by atoms with Crippen LogP contribution in [0.2, 0.25) is 0 Å². The summed E-state index contributed by atoms with van der Waals surface area (Å²) >= 11 is 0. The van der Waals surface area contributed by atoms with Crippen LogP contribution in [0.3, 0.4) is 0 Å². The summed E-state index contributed by atoms with van der Waals surface area (Å²) < 4.78 is 3.23. The zero-order valence-electron chi connectivity index (χ0n) is 13.5. The highest BCUT2D eigenvalue weighted by atomic mass is 35.5. The molecule has 0 aliphatic carbocycles. The summed E-state index contributed by atoms with van der Waals surface area (Å²) in [5.41, 5.74) is 4.40.